The van der Waals surface area contributed by atoms with Crippen LogP contribution >= 0.6 is 0 Å². The van der Waals surface area contributed by atoms with Gasteiger partial charge in [-0.2, -0.15) is 0 Å². The second-order valence-electron chi connectivity index (χ2n) is 3.34. The number of H-pyrrole nitrogens is 1. The van der Waals surface area contributed by atoms with Crippen molar-refractivity contribution in [2.45, 2.75) is 6.54 Å². The highest BCUT2D eigenvalue weighted by atomic mass is 16.4. The van der Waals surface area contributed by atoms with E-state index in [9.17, 15) is 9.59 Å². The highest BCUT2D eigenvalue weighted by Gasteiger charge is 2.02. The van der Waals surface area contributed by atoms with Crippen molar-refractivity contribution in [3.05, 3.63) is 34.3 Å². The monoisotopic (exact) mass is 222 g/mol. The Balaban J connectivity index is 2.13. The fourth-order valence-electron chi connectivity index (χ4n) is 1.42. The third-order valence-electron chi connectivity index (χ3n) is 2.09. The number of fused-ring (bicyclic) bond motifs is 1. The van der Waals surface area contributed by atoms with Gasteiger partial charge in [0.05, 0.1) is 12.1 Å². The maximum absolute atomic E-state index is 10.9. The third kappa shape index (κ3) is 2.29. The molecule has 1 heterocycles. The van der Waals surface area contributed by atoms with E-state index in [1.165, 1.54) is 0 Å². The van der Waals surface area contributed by atoms with Gasteiger partial charge in [0.15, 0.2) is 5.58 Å². The lowest BCUT2D eigenvalue weighted by Crippen LogP contribution is -2.21. The molecule has 16 heavy (non-hydrogen) atoms. The van der Waals surface area contributed by atoms with Gasteiger partial charge in [-0.15, -0.1) is 0 Å². The Morgan fingerprint density at radius 1 is 1.50 bits per heavy atom. The van der Waals surface area contributed by atoms with Gasteiger partial charge in [0, 0.05) is 6.54 Å². The first kappa shape index (κ1) is 10.4. The molecule has 1 aromatic heterocycles. The van der Waals surface area contributed by atoms with Crippen LogP contribution < -0.4 is 11.1 Å². The van der Waals surface area contributed by atoms with Crippen LogP contribution in [0.15, 0.2) is 27.4 Å². The lowest BCUT2D eigenvalue weighted by atomic mass is 10.2. The molecule has 0 atom stereocenters. The summed E-state index contributed by atoms with van der Waals surface area (Å²) in [5.41, 5.74) is 1.98. The Labute approximate surface area is 89.9 Å². The molecule has 0 bridgehead atoms. The number of aliphatic carboxylic acids is 1. The molecule has 0 spiro atoms. The van der Waals surface area contributed by atoms with E-state index in [1.807, 2.05) is 0 Å². The first-order valence-corrected chi connectivity index (χ1v) is 4.69. The minimum Gasteiger partial charge on any atom is -0.480 e. The molecule has 2 aromatic rings. The lowest BCUT2D eigenvalue weighted by Gasteiger charge is -2.01. The summed E-state index contributed by atoms with van der Waals surface area (Å²) in [5.74, 6) is -1.40. The minimum absolute atomic E-state index is 0.0973. The normalized spacial score (nSPS) is 10.8. The molecule has 0 aliphatic carbocycles. The summed E-state index contributed by atoms with van der Waals surface area (Å²) < 4.78 is 4.84. The summed E-state index contributed by atoms with van der Waals surface area (Å²) in [7, 11) is 0. The van der Waals surface area contributed by atoms with Crippen LogP contribution in [0.1, 0.15) is 5.56 Å². The molecule has 3 N–H and O–H groups in total. The summed E-state index contributed by atoms with van der Waals surface area (Å²) >= 11 is 0. The average Bonchev–Trinajstić information content (AvgIpc) is 2.56. The van der Waals surface area contributed by atoms with Crippen molar-refractivity contribution >= 4 is 17.1 Å². The molecular weight excluding hydrogens is 212 g/mol. The first-order valence-electron chi connectivity index (χ1n) is 4.69. The summed E-state index contributed by atoms with van der Waals surface area (Å²) in [6.07, 6.45) is 0. The molecule has 0 radical (unpaired) electrons. The Morgan fingerprint density at radius 2 is 2.31 bits per heavy atom. The zero-order chi connectivity index (χ0) is 11.5. The van der Waals surface area contributed by atoms with Crippen molar-refractivity contribution in [1.29, 1.82) is 0 Å². The Kier molecular flexibility index (Phi) is 2.74. The Hall–Kier alpha value is -2.08. The number of carboxylic acids is 1. The summed E-state index contributed by atoms with van der Waals surface area (Å²) in [5, 5.41) is 11.2. The van der Waals surface area contributed by atoms with Gasteiger partial charge in [-0.05, 0) is 17.7 Å². The van der Waals surface area contributed by atoms with E-state index in [4.69, 9.17) is 9.52 Å². The summed E-state index contributed by atoms with van der Waals surface area (Å²) in [6.45, 7) is 0.329. The quantitative estimate of drug-likeness (QED) is 0.691. The van der Waals surface area contributed by atoms with Crippen LogP contribution in [0.25, 0.3) is 11.1 Å². The van der Waals surface area contributed by atoms with E-state index < -0.39 is 11.7 Å². The van der Waals surface area contributed by atoms with E-state index in [2.05, 4.69) is 10.3 Å². The Morgan fingerprint density at radius 3 is 3.06 bits per heavy atom. The van der Waals surface area contributed by atoms with Gasteiger partial charge in [0.25, 0.3) is 0 Å². The number of carboxylic acid groups (broad SMARTS) is 1. The molecule has 0 aliphatic heterocycles. The van der Waals surface area contributed by atoms with Crippen molar-refractivity contribution < 1.29 is 14.3 Å². The number of hydrogen-bond donors (Lipinski definition) is 3. The number of carbonyl (C=O) groups is 1. The second-order valence-corrected chi connectivity index (χ2v) is 3.34. The van der Waals surface area contributed by atoms with Crippen molar-refractivity contribution in [1.82, 2.24) is 10.3 Å². The number of aromatic amines is 1. The molecule has 2 rings (SSSR count). The highest BCUT2D eigenvalue weighted by Crippen LogP contribution is 2.11. The molecular formula is C10H10N2O4. The van der Waals surface area contributed by atoms with Gasteiger partial charge in [-0.25, -0.2) is 4.79 Å². The predicted octanol–water partition coefficient (Wildman–Crippen LogP) is 0.295. The van der Waals surface area contributed by atoms with E-state index >= 15 is 0 Å². The molecule has 0 saturated heterocycles. The first-order chi connectivity index (χ1) is 7.65. The highest BCUT2D eigenvalue weighted by molar-refractivity contribution is 5.72. The van der Waals surface area contributed by atoms with Gasteiger partial charge in [0.2, 0.25) is 0 Å². The van der Waals surface area contributed by atoms with Crippen LogP contribution in [0, 0.1) is 0 Å². The zero-order valence-corrected chi connectivity index (χ0v) is 8.32. The van der Waals surface area contributed by atoms with Crippen LogP contribution in [0.5, 0.6) is 0 Å². The van der Waals surface area contributed by atoms with Gasteiger partial charge >= 0.3 is 11.7 Å². The molecule has 6 nitrogen and oxygen atoms in total. The van der Waals surface area contributed by atoms with Crippen molar-refractivity contribution in [2.24, 2.45) is 0 Å². The van der Waals surface area contributed by atoms with Crippen LogP contribution in [-0.4, -0.2) is 22.6 Å². The summed E-state index contributed by atoms with van der Waals surface area (Å²) in [4.78, 5) is 23.7. The van der Waals surface area contributed by atoms with E-state index in [1.54, 1.807) is 18.2 Å². The Bertz CT molecular complexity index is 569. The number of aromatic nitrogens is 1. The zero-order valence-electron chi connectivity index (χ0n) is 8.32. The standard InChI is InChI=1S/C10H10N2O4/c13-9(14)5-11-4-6-1-2-8-7(3-6)12-10(15)16-8/h1-3,11H,4-5H2,(H,12,15)(H,13,14). The van der Waals surface area contributed by atoms with Crippen molar-refractivity contribution in [3.63, 3.8) is 0 Å². The molecule has 0 saturated carbocycles. The molecule has 6 heteroatoms. The van der Waals surface area contributed by atoms with Crippen molar-refractivity contribution in [2.75, 3.05) is 6.54 Å². The topological polar surface area (TPSA) is 95.3 Å². The van der Waals surface area contributed by atoms with Crippen LogP contribution in [0.4, 0.5) is 0 Å². The van der Waals surface area contributed by atoms with Crippen LogP contribution in [0.2, 0.25) is 0 Å². The largest absolute Gasteiger partial charge is 0.480 e. The predicted molar refractivity (Wildman–Crippen MR) is 56.2 cm³/mol. The fourth-order valence-corrected chi connectivity index (χ4v) is 1.42. The number of nitrogens with one attached hydrogen (secondary N) is 2. The lowest BCUT2D eigenvalue weighted by molar-refractivity contribution is -0.135. The van der Waals surface area contributed by atoms with Gasteiger partial charge in [0.1, 0.15) is 0 Å². The minimum atomic E-state index is -0.905. The van der Waals surface area contributed by atoms with E-state index in [0.717, 1.165) is 5.56 Å². The third-order valence-corrected chi connectivity index (χ3v) is 2.09. The van der Waals surface area contributed by atoms with Crippen molar-refractivity contribution in [3.8, 4) is 0 Å². The second kappa shape index (κ2) is 4.19. The van der Waals surface area contributed by atoms with Gasteiger partial charge in [-0.3, -0.25) is 9.78 Å². The molecule has 0 fully saturated rings. The SMILES string of the molecule is O=C(O)CNCc1ccc2oc(=O)[nH]c2c1. The smallest absolute Gasteiger partial charge is 0.417 e. The van der Waals surface area contributed by atoms with E-state index in [-0.39, 0.29) is 6.54 Å². The maximum atomic E-state index is 10.9. The molecule has 0 aliphatic rings. The number of rotatable bonds is 4. The average molecular weight is 222 g/mol. The van der Waals surface area contributed by atoms with Crippen LogP contribution in [-0.2, 0) is 11.3 Å². The molecule has 1 aromatic carbocycles. The van der Waals surface area contributed by atoms with Crippen LogP contribution in [0.3, 0.4) is 0 Å². The van der Waals surface area contributed by atoms with Gasteiger partial charge in [-0.1, -0.05) is 6.07 Å². The fraction of sp³-hybridized carbons (Fsp3) is 0.200. The number of oxazole rings is 1. The molecule has 0 unspecified atom stereocenters. The summed E-state index contributed by atoms with van der Waals surface area (Å²) in [6, 6.07) is 5.19. The molecule has 0 amide bonds. The maximum Gasteiger partial charge on any atom is 0.417 e. The van der Waals surface area contributed by atoms with Gasteiger partial charge < -0.3 is 14.8 Å². The molecule has 84 valence electrons. The number of benzene rings is 1. The number of hydrogen-bond acceptors (Lipinski definition) is 4. The van der Waals surface area contributed by atoms with E-state index in [0.29, 0.717) is 17.6 Å².